The molecule has 3 heteroatoms. The number of pyridine rings is 1. The molecule has 1 heterocycles. The molecule has 0 bridgehead atoms. The largest absolute Gasteiger partial charge is 0.481 e. The summed E-state index contributed by atoms with van der Waals surface area (Å²) in [6.45, 7) is 0.0545. The van der Waals surface area contributed by atoms with E-state index in [1.54, 1.807) is 13.2 Å². The molecule has 2 rings (SSSR count). The number of fused-ring (bicyclic) bond motifs is 1. The van der Waals surface area contributed by atoms with E-state index in [-0.39, 0.29) is 6.61 Å². The summed E-state index contributed by atoms with van der Waals surface area (Å²) in [5.41, 5.74) is 1.95. The van der Waals surface area contributed by atoms with Gasteiger partial charge in [0, 0.05) is 11.5 Å². The van der Waals surface area contributed by atoms with E-state index in [1.165, 1.54) is 0 Å². The van der Waals surface area contributed by atoms with Crippen LogP contribution in [0, 0.1) is 0 Å². The van der Waals surface area contributed by atoms with Crippen LogP contribution < -0.4 is 4.74 Å². The van der Waals surface area contributed by atoms with Crippen LogP contribution in [0.4, 0.5) is 0 Å². The molecule has 1 aromatic heterocycles. The Balaban J connectivity index is 2.43. The Hall–Kier alpha value is -1.87. The molecule has 2 aromatic rings. The minimum absolute atomic E-state index is 0.0545. The van der Waals surface area contributed by atoms with Crippen molar-refractivity contribution in [1.82, 2.24) is 4.98 Å². The number of aliphatic hydroxyl groups is 1. The van der Waals surface area contributed by atoms with Crippen molar-refractivity contribution in [3.05, 3.63) is 42.0 Å². The van der Waals surface area contributed by atoms with Crippen LogP contribution in [0.1, 0.15) is 5.56 Å². The number of methoxy groups -OCH3 is 1. The predicted octanol–water partition coefficient (Wildman–Crippen LogP) is 2.25. The van der Waals surface area contributed by atoms with E-state index in [0.29, 0.717) is 5.88 Å². The third-order valence-corrected chi connectivity index (χ3v) is 2.31. The molecule has 0 unspecified atom stereocenters. The molecule has 0 saturated heterocycles. The van der Waals surface area contributed by atoms with Crippen LogP contribution in [0.3, 0.4) is 0 Å². The van der Waals surface area contributed by atoms with E-state index < -0.39 is 0 Å². The molecule has 16 heavy (non-hydrogen) atoms. The third-order valence-electron chi connectivity index (χ3n) is 2.31. The van der Waals surface area contributed by atoms with Crippen molar-refractivity contribution in [1.29, 1.82) is 0 Å². The molecule has 0 fully saturated rings. The molecule has 0 atom stereocenters. The number of aromatic nitrogens is 1. The molecule has 82 valence electrons. The van der Waals surface area contributed by atoms with Gasteiger partial charge in [0.1, 0.15) is 0 Å². The van der Waals surface area contributed by atoms with Crippen molar-refractivity contribution in [2.45, 2.75) is 0 Å². The summed E-state index contributed by atoms with van der Waals surface area (Å²) in [4.78, 5) is 4.32. The monoisotopic (exact) mass is 215 g/mol. The van der Waals surface area contributed by atoms with Crippen molar-refractivity contribution in [2.24, 2.45) is 0 Å². The highest BCUT2D eigenvalue weighted by molar-refractivity contribution is 5.81. The van der Waals surface area contributed by atoms with Crippen molar-refractivity contribution < 1.29 is 9.84 Å². The third kappa shape index (κ3) is 2.20. The van der Waals surface area contributed by atoms with E-state index in [9.17, 15) is 0 Å². The van der Waals surface area contributed by atoms with Gasteiger partial charge in [-0.25, -0.2) is 4.98 Å². The lowest BCUT2D eigenvalue weighted by Gasteiger charge is -2.02. The molecule has 0 radical (unpaired) electrons. The second kappa shape index (κ2) is 4.77. The first-order valence-corrected chi connectivity index (χ1v) is 5.05. The molecule has 0 spiro atoms. The van der Waals surface area contributed by atoms with Gasteiger partial charge in [0.05, 0.1) is 19.2 Å². The minimum atomic E-state index is 0.0545. The summed E-state index contributed by atoms with van der Waals surface area (Å²) in [6.07, 6.45) is 3.59. The summed E-state index contributed by atoms with van der Waals surface area (Å²) in [5.74, 6) is 0.617. The van der Waals surface area contributed by atoms with E-state index >= 15 is 0 Å². The number of ether oxygens (including phenoxy) is 1. The molecule has 0 amide bonds. The number of nitrogens with zero attached hydrogens (tertiary/aromatic N) is 1. The van der Waals surface area contributed by atoms with Gasteiger partial charge in [0.15, 0.2) is 0 Å². The SMILES string of the molecule is COc1ccc2cc(C=CCO)ccc2n1. The number of aliphatic hydroxyl groups excluding tert-OH is 1. The maximum Gasteiger partial charge on any atom is 0.213 e. The molecule has 0 saturated carbocycles. The average molecular weight is 215 g/mol. The zero-order valence-corrected chi connectivity index (χ0v) is 9.05. The number of hydrogen-bond acceptors (Lipinski definition) is 3. The normalized spacial score (nSPS) is 11.1. The van der Waals surface area contributed by atoms with Crippen LogP contribution in [-0.2, 0) is 0 Å². The Morgan fingerprint density at radius 2 is 2.19 bits per heavy atom. The fourth-order valence-electron chi connectivity index (χ4n) is 1.53. The number of rotatable bonds is 3. The van der Waals surface area contributed by atoms with Crippen LogP contribution in [0.25, 0.3) is 17.0 Å². The van der Waals surface area contributed by atoms with Gasteiger partial charge in [-0.05, 0) is 23.8 Å². The van der Waals surface area contributed by atoms with Gasteiger partial charge in [-0.1, -0.05) is 18.2 Å². The molecule has 0 aliphatic carbocycles. The second-order valence-electron chi connectivity index (χ2n) is 3.39. The topological polar surface area (TPSA) is 42.4 Å². The van der Waals surface area contributed by atoms with E-state index in [4.69, 9.17) is 9.84 Å². The summed E-state index contributed by atoms with van der Waals surface area (Å²) < 4.78 is 5.06. The highest BCUT2D eigenvalue weighted by Gasteiger charge is 1.98. The van der Waals surface area contributed by atoms with Crippen LogP contribution in [0.5, 0.6) is 5.88 Å². The maximum atomic E-state index is 8.69. The van der Waals surface area contributed by atoms with Crippen molar-refractivity contribution >= 4 is 17.0 Å². The lowest BCUT2D eigenvalue weighted by molar-refractivity contribution is 0.343. The van der Waals surface area contributed by atoms with Gasteiger partial charge in [-0.2, -0.15) is 0 Å². The Morgan fingerprint density at radius 3 is 2.94 bits per heavy atom. The summed E-state index contributed by atoms with van der Waals surface area (Å²) in [7, 11) is 1.60. The van der Waals surface area contributed by atoms with E-state index in [2.05, 4.69) is 4.98 Å². The minimum Gasteiger partial charge on any atom is -0.481 e. The first-order chi connectivity index (χ1) is 7.83. The molecule has 0 aliphatic heterocycles. The lowest BCUT2D eigenvalue weighted by atomic mass is 10.1. The Labute approximate surface area is 94.0 Å². The molecular weight excluding hydrogens is 202 g/mol. The van der Waals surface area contributed by atoms with Crippen LogP contribution in [0.2, 0.25) is 0 Å². The summed E-state index contributed by atoms with van der Waals surface area (Å²) in [5, 5.41) is 9.75. The first kappa shape index (κ1) is 10.6. The zero-order valence-electron chi connectivity index (χ0n) is 9.05. The molecule has 3 nitrogen and oxygen atoms in total. The second-order valence-corrected chi connectivity index (χ2v) is 3.39. The summed E-state index contributed by atoms with van der Waals surface area (Å²) >= 11 is 0. The predicted molar refractivity (Wildman–Crippen MR) is 64.4 cm³/mol. The Bertz CT molecular complexity index is 520. The number of benzene rings is 1. The fourth-order valence-corrected chi connectivity index (χ4v) is 1.53. The van der Waals surface area contributed by atoms with Gasteiger partial charge in [0.25, 0.3) is 0 Å². The average Bonchev–Trinajstić information content (AvgIpc) is 2.35. The van der Waals surface area contributed by atoms with Crippen molar-refractivity contribution in [2.75, 3.05) is 13.7 Å². The van der Waals surface area contributed by atoms with Crippen molar-refractivity contribution in [3.63, 3.8) is 0 Å². The van der Waals surface area contributed by atoms with E-state index in [1.807, 2.05) is 36.4 Å². The smallest absolute Gasteiger partial charge is 0.213 e. The molecular formula is C13H13NO2. The molecule has 1 aromatic carbocycles. The van der Waals surface area contributed by atoms with E-state index in [0.717, 1.165) is 16.5 Å². The quantitative estimate of drug-likeness (QED) is 0.853. The maximum absolute atomic E-state index is 8.69. The van der Waals surface area contributed by atoms with Gasteiger partial charge < -0.3 is 9.84 Å². The van der Waals surface area contributed by atoms with Crippen LogP contribution >= 0.6 is 0 Å². The van der Waals surface area contributed by atoms with Gasteiger partial charge in [-0.15, -0.1) is 0 Å². The highest BCUT2D eigenvalue weighted by Crippen LogP contribution is 2.18. The van der Waals surface area contributed by atoms with Crippen LogP contribution in [0.15, 0.2) is 36.4 Å². The molecule has 0 aliphatic rings. The van der Waals surface area contributed by atoms with Gasteiger partial charge >= 0.3 is 0 Å². The lowest BCUT2D eigenvalue weighted by Crippen LogP contribution is -1.87. The summed E-state index contributed by atoms with van der Waals surface area (Å²) in [6, 6.07) is 9.73. The van der Waals surface area contributed by atoms with Gasteiger partial charge in [0.2, 0.25) is 5.88 Å². The first-order valence-electron chi connectivity index (χ1n) is 5.05. The Morgan fingerprint density at radius 1 is 1.31 bits per heavy atom. The Kier molecular flexibility index (Phi) is 3.17. The molecule has 1 N–H and O–H groups in total. The van der Waals surface area contributed by atoms with Crippen molar-refractivity contribution in [3.8, 4) is 5.88 Å². The number of hydrogen-bond donors (Lipinski definition) is 1. The standard InChI is InChI=1S/C13H13NO2/c1-16-13-7-5-11-9-10(3-2-8-15)4-6-12(11)14-13/h2-7,9,15H,8H2,1H3. The fraction of sp³-hybridized carbons (Fsp3) is 0.154. The van der Waals surface area contributed by atoms with Crippen LogP contribution in [-0.4, -0.2) is 23.8 Å². The van der Waals surface area contributed by atoms with Gasteiger partial charge in [-0.3, -0.25) is 0 Å². The highest BCUT2D eigenvalue weighted by atomic mass is 16.5. The zero-order chi connectivity index (χ0) is 11.4.